The van der Waals surface area contributed by atoms with Gasteiger partial charge in [0.1, 0.15) is 11.5 Å². The third kappa shape index (κ3) is 3.48. The van der Waals surface area contributed by atoms with Crippen molar-refractivity contribution < 1.29 is 14.3 Å². The molecule has 1 rings (SSSR count). The first kappa shape index (κ1) is 13.6. The maximum Gasteiger partial charge on any atom is 0.160 e. The average molecular weight is 236 g/mol. The molecule has 0 aliphatic heterocycles. The van der Waals surface area contributed by atoms with Gasteiger partial charge >= 0.3 is 0 Å². The van der Waals surface area contributed by atoms with Crippen molar-refractivity contribution in [2.24, 2.45) is 0 Å². The summed E-state index contributed by atoms with van der Waals surface area (Å²) in [5.41, 5.74) is 1.58. The minimum absolute atomic E-state index is 0.0206. The minimum Gasteiger partial charge on any atom is -0.493 e. The van der Waals surface area contributed by atoms with Crippen LogP contribution in [0, 0.1) is 6.92 Å². The Morgan fingerprint density at radius 1 is 1.18 bits per heavy atom. The average Bonchev–Trinajstić information content (AvgIpc) is 2.30. The lowest BCUT2D eigenvalue weighted by Gasteiger charge is -2.14. The van der Waals surface area contributed by atoms with Gasteiger partial charge in [0.25, 0.3) is 0 Å². The van der Waals surface area contributed by atoms with Crippen LogP contribution in [0.15, 0.2) is 12.1 Å². The fourth-order valence-electron chi connectivity index (χ4n) is 1.53. The van der Waals surface area contributed by atoms with Crippen molar-refractivity contribution in [3.8, 4) is 11.5 Å². The van der Waals surface area contributed by atoms with E-state index in [0.29, 0.717) is 18.8 Å². The van der Waals surface area contributed by atoms with E-state index in [9.17, 15) is 4.79 Å². The van der Waals surface area contributed by atoms with Crippen molar-refractivity contribution in [2.75, 3.05) is 13.2 Å². The van der Waals surface area contributed by atoms with Crippen LogP contribution in [0.1, 0.15) is 43.1 Å². The molecule has 3 nitrogen and oxygen atoms in total. The SMILES string of the molecule is CCCOc1cc(C(C)=O)cc(OCC)c1C. The highest BCUT2D eigenvalue weighted by Crippen LogP contribution is 2.30. The molecule has 0 bridgehead atoms. The van der Waals surface area contributed by atoms with E-state index in [1.54, 1.807) is 19.1 Å². The molecular weight excluding hydrogens is 216 g/mol. The lowest BCUT2D eigenvalue weighted by molar-refractivity contribution is 0.101. The van der Waals surface area contributed by atoms with Crippen molar-refractivity contribution in [1.29, 1.82) is 0 Å². The summed E-state index contributed by atoms with van der Waals surface area (Å²) in [5.74, 6) is 1.49. The predicted molar refractivity (Wildman–Crippen MR) is 68.1 cm³/mol. The molecule has 17 heavy (non-hydrogen) atoms. The lowest BCUT2D eigenvalue weighted by atomic mass is 10.1. The molecule has 1 aromatic rings. The Bertz CT molecular complexity index is 397. The largest absolute Gasteiger partial charge is 0.493 e. The number of carbonyl (C=O) groups excluding carboxylic acids is 1. The van der Waals surface area contributed by atoms with Crippen LogP contribution in [-0.4, -0.2) is 19.0 Å². The van der Waals surface area contributed by atoms with Gasteiger partial charge in [-0.2, -0.15) is 0 Å². The Labute approximate surface area is 103 Å². The molecule has 3 heteroatoms. The van der Waals surface area contributed by atoms with Crippen molar-refractivity contribution in [3.63, 3.8) is 0 Å². The van der Waals surface area contributed by atoms with Gasteiger partial charge in [-0.3, -0.25) is 4.79 Å². The topological polar surface area (TPSA) is 35.5 Å². The van der Waals surface area contributed by atoms with Gasteiger partial charge in [-0.1, -0.05) is 6.92 Å². The molecule has 0 aliphatic carbocycles. The first-order chi connectivity index (χ1) is 8.10. The van der Waals surface area contributed by atoms with Crippen LogP contribution in [0.3, 0.4) is 0 Å². The summed E-state index contributed by atoms with van der Waals surface area (Å²) in [7, 11) is 0. The summed E-state index contributed by atoms with van der Waals surface area (Å²) < 4.78 is 11.1. The molecule has 0 unspecified atom stereocenters. The minimum atomic E-state index is 0.0206. The van der Waals surface area contributed by atoms with E-state index < -0.39 is 0 Å². The Morgan fingerprint density at radius 3 is 2.24 bits per heavy atom. The van der Waals surface area contributed by atoms with Gasteiger partial charge in [0.15, 0.2) is 5.78 Å². The van der Waals surface area contributed by atoms with E-state index >= 15 is 0 Å². The summed E-state index contributed by atoms with van der Waals surface area (Å²) >= 11 is 0. The second-order valence-corrected chi connectivity index (χ2v) is 3.94. The Kier molecular flexibility index (Phi) is 5.01. The number of hydrogen-bond acceptors (Lipinski definition) is 3. The van der Waals surface area contributed by atoms with Gasteiger partial charge in [-0.15, -0.1) is 0 Å². The second-order valence-electron chi connectivity index (χ2n) is 3.94. The molecule has 0 N–H and O–H groups in total. The summed E-state index contributed by atoms with van der Waals surface area (Å²) in [6.45, 7) is 8.69. The van der Waals surface area contributed by atoms with Crippen molar-refractivity contribution >= 4 is 5.78 Å². The molecule has 0 atom stereocenters. The Morgan fingerprint density at radius 2 is 1.76 bits per heavy atom. The van der Waals surface area contributed by atoms with Crippen LogP contribution in [0.2, 0.25) is 0 Å². The third-order valence-corrected chi connectivity index (χ3v) is 2.48. The molecule has 0 heterocycles. The quantitative estimate of drug-likeness (QED) is 0.710. The molecule has 1 aromatic carbocycles. The van der Waals surface area contributed by atoms with Crippen LogP contribution in [0.5, 0.6) is 11.5 Å². The summed E-state index contributed by atoms with van der Waals surface area (Å²) in [6.07, 6.45) is 0.938. The number of Topliss-reactive ketones (excluding diaryl/α,β-unsaturated/α-hetero) is 1. The van der Waals surface area contributed by atoms with Gasteiger partial charge in [0.2, 0.25) is 0 Å². The van der Waals surface area contributed by atoms with Crippen LogP contribution in [0.4, 0.5) is 0 Å². The van der Waals surface area contributed by atoms with Gasteiger partial charge in [-0.25, -0.2) is 0 Å². The highest BCUT2D eigenvalue weighted by molar-refractivity contribution is 5.95. The molecule has 0 fully saturated rings. The maximum atomic E-state index is 11.4. The predicted octanol–water partition coefficient (Wildman–Crippen LogP) is 3.39. The van der Waals surface area contributed by atoms with E-state index in [1.165, 1.54) is 0 Å². The molecule has 0 spiro atoms. The number of ether oxygens (including phenoxy) is 2. The number of hydrogen-bond donors (Lipinski definition) is 0. The van der Waals surface area contributed by atoms with Crippen LogP contribution in [-0.2, 0) is 0 Å². The van der Waals surface area contributed by atoms with E-state index in [-0.39, 0.29) is 5.78 Å². The molecular formula is C14H20O3. The molecule has 0 aromatic heterocycles. The van der Waals surface area contributed by atoms with Gasteiger partial charge in [0.05, 0.1) is 13.2 Å². The zero-order valence-electron chi connectivity index (χ0n) is 11.0. The van der Waals surface area contributed by atoms with Crippen LogP contribution >= 0.6 is 0 Å². The van der Waals surface area contributed by atoms with Crippen LogP contribution in [0.25, 0.3) is 0 Å². The number of benzene rings is 1. The number of ketones is 1. The normalized spacial score (nSPS) is 10.1. The lowest BCUT2D eigenvalue weighted by Crippen LogP contribution is -2.03. The summed E-state index contributed by atoms with van der Waals surface area (Å²) in [6, 6.07) is 3.57. The zero-order valence-corrected chi connectivity index (χ0v) is 11.0. The first-order valence-electron chi connectivity index (χ1n) is 6.01. The number of carbonyl (C=O) groups is 1. The molecule has 0 aliphatic rings. The Balaban J connectivity index is 3.12. The second kappa shape index (κ2) is 6.28. The molecule has 94 valence electrons. The van der Waals surface area contributed by atoms with Gasteiger partial charge in [-0.05, 0) is 39.3 Å². The Hall–Kier alpha value is -1.51. The molecule has 0 saturated carbocycles. The number of rotatable bonds is 6. The summed E-state index contributed by atoms with van der Waals surface area (Å²) in [5, 5.41) is 0. The highest BCUT2D eigenvalue weighted by Gasteiger charge is 2.11. The highest BCUT2D eigenvalue weighted by atomic mass is 16.5. The fourth-order valence-corrected chi connectivity index (χ4v) is 1.53. The molecule has 0 saturated heterocycles. The fraction of sp³-hybridized carbons (Fsp3) is 0.500. The summed E-state index contributed by atoms with van der Waals surface area (Å²) in [4.78, 5) is 11.4. The van der Waals surface area contributed by atoms with E-state index in [0.717, 1.165) is 23.5 Å². The van der Waals surface area contributed by atoms with E-state index in [1.807, 2.05) is 20.8 Å². The van der Waals surface area contributed by atoms with Crippen molar-refractivity contribution in [2.45, 2.75) is 34.1 Å². The third-order valence-electron chi connectivity index (χ3n) is 2.48. The van der Waals surface area contributed by atoms with Gasteiger partial charge < -0.3 is 9.47 Å². The standard InChI is InChI=1S/C14H20O3/c1-5-7-17-14-9-12(11(4)15)8-13(10(14)3)16-6-2/h8-9H,5-7H2,1-4H3. The van der Waals surface area contributed by atoms with Crippen LogP contribution < -0.4 is 9.47 Å². The van der Waals surface area contributed by atoms with Gasteiger partial charge in [0, 0.05) is 11.1 Å². The van der Waals surface area contributed by atoms with E-state index in [2.05, 4.69) is 0 Å². The van der Waals surface area contributed by atoms with Crippen molar-refractivity contribution in [1.82, 2.24) is 0 Å². The molecule has 0 radical (unpaired) electrons. The monoisotopic (exact) mass is 236 g/mol. The maximum absolute atomic E-state index is 11.4. The molecule has 0 amide bonds. The first-order valence-corrected chi connectivity index (χ1v) is 6.01. The van der Waals surface area contributed by atoms with E-state index in [4.69, 9.17) is 9.47 Å². The smallest absolute Gasteiger partial charge is 0.160 e. The van der Waals surface area contributed by atoms with Crippen molar-refractivity contribution in [3.05, 3.63) is 23.3 Å². The zero-order chi connectivity index (χ0) is 12.8.